The number of benzene rings is 3. The summed E-state index contributed by atoms with van der Waals surface area (Å²) in [5.74, 6) is 0.633. The monoisotopic (exact) mass is 540 g/mol. The maximum absolute atomic E-state index is 12.6. The second kappa shape index (κ2) is 11.4. The molecule has 2 N–H and O–H groups in total. The van der Waals surface area contributed by atoms with E-state index >= 15 is 0 Å². The Labute approximate surface area is 222 Å². The van der Waals surface area contributed by atoms with Gasteiger partial charge in [0.1, 0.15) is 17.3 Å². The highest BCUT2D eigenvalue weighted by Gasteiger charge is 2.14. The Kier molecular flexibility index (Phi) is 8.00. The first kappa shape index (κ1) is 25.4. The fourth-order valence-electron chi connectivity index (χ4n) is 3.33. The molecular formula is C27H19Cl3N2O4. The highest BCUT2D eigenvalue weighted by atomic mass is 35.5. The average Bonchev–Trinajstić information content (AvgIpc) is 3.32. The number of carbonyl (C=O) groups excluding carboxylic acids is 2. The summed E-state index contributed by atoms with van der Waals surface area (Å²) in [4.78, 5) is 25.0. The zero-order chi connectivity index (χ0) is 25.7. The molecule has 9 heteroatoms. The van der Waals surface area contributed by atoms with Crippen LogP contribution in [0.1, 0.15) is 16.1 Å². The molecule has 182 valence electrons. The van der Waals surface area contributed by atoms with Gasteiger partial charge in [0.25, 0.3) is 5.91 Å². The summed E-state index contributed by atoms with van der Waals surface area (Å²) in [7, 11) is 1.47. The van der Waals surface area contributed by atoms with Gasteiger partial charge in [-0.25, -0.2) is 0 Å². The Morgan fingerprint density at radius 3 is 2.44 bits per heavy atom. The Bertz CT molecular complexity index is 1460. The molecule has 0 fully saturated rings. The van der Waals surface area contributed by atoms with Crippen LogP contribution in [0.25, 0.3) is 17.4 Å². The summed E-state index contributed by atoms with van der Waals surface area (Å²) in [5, 5.41) is 6.84. The summed E-state index contributed by atoms with van der Waals surface area (Å²) < 4.78 is 11.1. The van der Waals surface area contributed by atoms with Crippen LogP contribution in [0, 0.1) is 0 Å². The smallest absolute Gasteiger partial charge is 0.257 e. The lowest BCUT2D eigenvalue weighted by Gasteiger charge is -2.12. The van der Waals surface area contributed by atoms with Crippen LogP contribution < -0.4 is 15.4 Å². The van der Waals surface area contributed by atoms with Gasteiger partial charge in [-0.05, 0) is 60.7 Å². The van der Waals surface area contributed by atoms with E-state index in [1.807, 2.05) is 0 Å². The number of carbonyl (C=O) groups is 2. The first-order valence-electron chi connectivity index (χ1n) is 10.6. The van der Waals surface area contributed by atoms with Crippen molar-refractivity contribution in [2.45, 2.75) is 0 Å². The number of rotatable bonds is 7. The first-order chi connectivity index (χ1) is 17.3. The maximum Gasteiger partial charge on any atom is 0.257 e. The molecular weight excluding hydrogens is 523 g/mol. The Morgan fingerprint density at radius 1 is 0.889 bits per heavy atom. The molecule has 0 radical (unpaired) electrons. The van der Waals surface area contributed by atoms with E-state index in [0.717, 1.165) is 0 Å². The lowest BCUT2D eigenvalue weighted by atomic mass is 10.2. The van der Waals surface area contributed by atoms with E-state index in [-0.39, 0.29) is 11.8 Å². The molecule has 4 aromatic rings. The third kappa shape index (κ3) is 6.10. The number of methoxy groups -OCH3 is 1. The van der Waals surface area contributed by atoms with E-state index in [0.29, 0.717) is 54.8 Å². The number of hydrogen-bond acceptors (Lipinski definition) is 4. The lowest BCUT2D eigenvalue weighted by Crippen LogP contribution is -2.13. The van der Waals surface area contributed by atoms with Crippen molar-refractivity contribution in [2.24, 2.45) is 0 Å². The van der Waals surface area contributed by atoms with Crippen molar-refractivity contribution in [2.75, 3.05) is 17.7 Å². The van der Waals surface area contributed by atoms with Crippen molar-refractivity contribution in [1.82, 2.24) is 0 Å². The summed E-state index contributed by atoms with van der Waals surface area (Å²) in [5.41, 5.74) is 1.94. The van der Waals surface area contributed by atoms with Crippen LogP contribution in [-0.4, -0.2) is 18.9 Å². The zero-order valence-corrected chi connectivity index (χ0v) is 21.1. The third-order valence-electron chi connectivity index (χ3n) is 5.06. The number of ether oxygens (including phenoxy) is 1. The van der Waals surface area contributed by atoms with Crippen molar-refractivity contribution in [3.63, 3.8) is 0 Å². The van der Waals surface area contributed by atoms with E-state index in [1.54, 1.807) is 72.8 Å². The molecule has 0 spiro atoms. The highest BCUT2D eigenvalue weighted by molar-refractivity contribution is 6.36. The molecule has 1 heterocycles. The van der Waals surface area contributed by atoms with Crippen molar-refractivity contribution in [1.29, 1.82) is 0 Å². The van der Waals surface area contributed by atoms with E-state index < -0.39 is 0 Å². The second-order valence-corrected chi connectivity index (χ2v) is 8.75. The zero-order valence-electron chi connectivity index (χ0n) is 18.8. The number of anilines is 2. The minimum Gasteiger partial charge on any atom is -0.494 e. The minimum absolute atomic E-state index is 0.336. The molecule has 0 aliphatic heterocycles. The van der Waals surface area contributed by atoms with Crippen LogP contribution in [0.2, 0.25) is 15.1 Å². The summed E-state index contributed by atoms with van der Waals surface area (Å²) in [6, 6.07) is 20.2. The lowest BCUT2D eigenvalue weighted by molar-refractivity contribution is -0.111. The number of nitrogens with one attached hydrogen (secondary N) is 2. The third-order valence-corrected chi connectivity index (χ3v) is 5.94. The second-order valence-electron chi connectivity index (χ2n) is 7.50. The summed E-state index contributed by atoms with van der Waals surface area (Å²) in [6.45, 7) is 0. The van der Waals surface area contributed by atoms with Gasteiger partial charge in [0, 0.05) is 28.4 Å². The van der Waals surface area contributed by atoms with Crippen LogP contribution >= 0.6 is 34.8 Å². The molecule has 0 aliphatic rings. The fraction of sp³-hybridized carbons (Fsp3) is 0.0370. The molecule has 3 aromatic carbocycles. The average molecular weight is 542 g/mol. The first-order valence-corrected chi connectivity index (χ1v) is 11.8. The van der Waals surface area contributed by atoms with Gasteiger partial charge in [0.2, 0.25) is 5.91 Å². The minimum atomic E-state index is -0.382. The van der Waals surface area contributed by atoms with Gasteiger partial charge < -0.3 is 19.8 Å². The van der Waals surface area contributed by atoms with E-state index in [4.69, 9.17) is 44.0 Å². The molecule has 0 saturated heterocycles. The van der Waals surface area contributed by atoms with Gasteiger partial charge >= 0.3 is 0 Å². The van der Waals surface area contributed by atoms with Crippen molar-refractivity contribution in [3.05, 3.63) is 105 Å². The Morgan fingerprint density at radius 2 is 1.69 bits per heavy atom. The number of halogens is 3. The van der Waals surface area contributed by atoms with Gasteiger partial charge in [0.15, 0.2) is 0 Å². The molecule has 1 aromatic heterocycles. The normalized spacial score (nSPS) is 10.9. The molecule has 0 aliphatic carbocycles. The molecule has 2 amide bonds. The van der Waals surface area contributed by atoms with Crippen LogP contribution in [0.4, 0.5) is 11.4 Å². The largest absolute Gasteiger partial charge is 0.494 e. The molecule has 0 saturated carbocycles. The molecule has 0 atom stereocenters. The van der Waals surface area contributed by atoms with Crippen molar-refractivity contribution < 1.29 is 18.7 Å². The van der Waals surface area contributed by atoms with Gasteiger partial charge in [0.05, 0.1) is 28.4 Å². The van der Waals surface area contributed by atoms with Gasteiger partial charge in [-0.2, -0.15) is 0 Å². The van der Waals surface area contributed by atoms with E-state index in [2.05, 4.69) is 10.6 Å². The predicted octanol–water partition coefficient (Wildman–Crippen LogP) is 7.82. The van der Waals surface area contributed by atoms with Crippen molar-refractivity contribution >= 4 is 64.1 Å². The van der Waals surface area contributed by atoms with Crippen molar-refractivity contribution in [3.8, 4) is 17.1 Å². The highest BCUT2D eigenvalue weighted by Crippen LogP contribution is 2.32. The predicted molar refractivity (Wildman–Crippen MR) is 144 cm³/mol. The quantitative estimate of drug-likeness (QED) is 0.234. The van der Waals surface area contributed by atoms with Crippen LogP contribution in [0.15, 0.2) is 83.3 Å². The van der Waals surface area contributed by atoms with E-state index in [1.165, 1.54) is 19.3 Å². The van der Waals surface area contributed by atoms with Gasteiger partial charge in [-0.1, -0.05) is 46.9 Å². The summed E-state index contributed by atoms with van der Waals surface area (Å²) >= 11 is 18.3. The number of furan rings is 1. The molecule has 0 unspecified atom stereocenters. The van der Waals surface area contributed by atoms with Crippen LogP contribution in [0.5, 0.6) is 5.75 Å². The number of amides is 2. The molecule has 4 rings (SSSR count). The number of hydrogen-bond donors (Lipinski definition) is 2. The van der Waals surface area contributed by atoms with Gasteiger partial charge in [-0.3, -0.25) is 9.59 Å². The molecule has 6 nitrogen and oxygen atoms in total. The van der Waals surface area contributed by atoms with Crippen LogP contribution in [0.3, 0.4) is 0 Å². The van der Waals surface area contributed by atoms with Crippen LogP contribution in [-0.2, 0) is 4.79 Å². The van der Waals surface area contributed by atoms with Gasteiger partial charge in [-0.15, -0.1) is 0 Å². The fourth-order valence-corrected chi connectivity index (χ4v) is 4.05. The topological polar surface area (TPSA) is 80.6 Å². The molecule has 36 heavy (non-hydrogen) atoms. The Hall–Kier alpha value is -3.71. The standard InChI is InChI=1S/C27H19Cl3N2O4/c1-35-25-15-17(7-11-23(25)32-27(34)20-4-2-3-5-21(20)29)31-26(33)13-9-18-8-12-24(36-18)19-10-6-16(28)14-22(19)30/h2-15H,1H3,(H,31,33)(H,32,34)/b13-9+. The maximum atomic E-state index is 12.6. The SMILES string of the molecule is COc1cc(NC(=O)/C=C/c2ccc(-c3ccc(Cl)cc3Cl)o2)ccc1NC(=O)c1ccccc1Cl. The molecule has 0 bridgehead atoms. The Balaban J connectivity index is 1.41. The summed E-state index contributed by atoms with van der Waals surface area (Å²) in [6.07, 6.45) is 2.88. The van der Waals surface area contributed by atoms with E-state index in [9.17, 15) is 9.59 Å².